The van der Waals surface area contributed by atoms with Crippen molar-refractivity contribution in [1.82, 2.24) is 5.01 Å². The molecule has 4 atom stereocenters. The summed E-state index contributed by atoms with van der Waals surface area (Å²) in [5.41, 5.74) is 1.65. The van der Waals surface area contributed by atoms with Crippen molar-refractivity contribution >= 4 is 39.9 Å². The first-order valence-corrected chi connectivity index (χ1v) is 11.1. The molecule has 0 spiro atoms. The molecule has 1 saturated carbocycles. The van der Waals surface area contributed by atoms with Crippen LogP contribution in [0.2, 0.25) is 0 Å². The Bertz CT molecular complexity index is 1160. The van der Waals surface area contributed by atoms with Gasteiger partial charge in [0.1, 0.15) is 12.4 Å². The van der Waals surface area contributed by atoms with Gasteiger partial charge in [0, 0.05) is 0 Å². The molecule has 8 heteroatoms. The molecule has 1 saturated heterocycles. The lowest BCUT2D eigenvalue weighted by molar-refractivity contribution is -0.140. The lowest BCUT2D eigenvalue weighted by Gasteiger charge is -2.13. The maximum absolute atomic E-state index is 12.7. The first kappa shape index (κ1) is 20.6. The van der Waals surface area contributed by atoms with E-state index >= 15 is 0 Å². The van der Waals surface area contributed by atoms with Crippen molar-refractivity contribution in [2.75, 3.05) is 0 Å². The second-order valence-corrected chi connectivity index (χ2v) is 9.07. The van der Waals surface area contributed by atoms with Gasteiger partial charge in [-0.25, -0.2) is 4.79 Å². The highest BCUT2D eigenvalue weighted by molar-refractivity contribution is 9.10. The first-order chi connectivity index (χ1) is 15.4. The van der Waals surface area contributed by atoms with Gasteiger partial charge in [0.2, 0.25) is 0 Å². The monoisotopic (exact) mass is 494 g/mol. The number of halogens is 1. The Hall–Kier alpha value is -3.26. The minimum absolute atomic E-state index is 0.156. The van der Waals surface area contributed by atoms with Gasteiger partial charge in [-0.2, -0.15) is 10.1 Å². The quantitative estimate of drug-likeness (QED) is 0.373. The Morgan fingerprint density at radius 1 is 1.12 bits per heavy atom. The van der Waals surface area contributed by atoms with Crippen molar-refractivity contribution in [3.8, 4) is 5.75 Å². The molecular weight excluding hydrogens is 476 g/mol. The Kier molecular flexibility index (Phi) is 5.17. The molecule has 1 heterocycles. The lowest BCUT2D eigenvalue weighted by Crippen LogP contribution is -2.28. The zero-order chi connectivity index (χ0) is 22.4. The van der Waals surface area contributed by atoms with E-state index in [2.05, 4.69) is 33.2 Å². The van der Waals surface area contributed by atoms with E-state index in [-0.39, 0.29) is 47.7 Å². The molecule has 2 aromatic rings. The number of fused-ring (bicyclic) bond motifs is 5. The van der Waals surface area contributed by atoms with E-state index in [4.69, 9.17) is 9.84 Å². The van der Waals surface area contributed by atoms with Crippen molar-refractivity contribution in [2.24, 2.45) is 28.8 Å². The van der Waals surface area contributed by atoms with Crippen molar-refractivity contribution in [3.05, 3.63) is 75.8 Å². The molecule has 0 aromatic heterocycles. The van der Waals surface area contributed by atoms with Crippen LogP contribution in [-0.2, 0) is 16.2 Å². The summed E-state index contributed by atoms with van der Waals surface area (Å²) in [6.07, 6.45) is 6.49. The highest BCUT2D eigenvalue weighted by Gasteiger charge is 2.59. The average Bonchev–Trinajstić information content (AvgIpc) is 3.46. The van der Waals surface area contributed by atoms with Crippen LogP contribution in [0.5, 0.6) is 5.75 Å². The Morgan fingerprint density at radius 2 is 1.84 bits per heavy atom. The molecule has 162 valence electrons. The number of carboxylic acids is 1. The molecule has 0 unspecified atom stereocenters. The number of amides is 2. The number of benzene rings is 2. The van der Waals surface area contributed by atoms with Crippen LogP contribution >= 0.6 is 15.9 Å². The topological polar surface area (TPSA) is 96.3 Å². The number of carbonyl (C=O) groups excluding carboxylic acids is 2. The van der Waals surface area contributed by atoms with E-state index in [9.17, 15) is 14.4 Å². The van der Waals surface area contributed by atoms with E-state index < -0.39 is 5.97 Å². The molecule has 3 aliphatic rings. The van der Waals surface area contributed by atoms with Gasteiger partial charge in [0.25, 0.3) is 11.8 Å². The summed E-state index contributed by atoms with van der Waals surface area (Å²) in [6.45, 7) is 0.211. The Labute approximate surface area is 192 Å². The molecule has 2 aromatic carbocycles. The largest absolute Gasteiger partial charge is 0.488 e. The SMILES string of the molecule is O=C(O)c1cccc(COc2ccc(C=NN3C(=O)[C@@H]4[C@H](C3=O)[C@H]3C=C[C@H]4C3)cc2Br)c1. The van der Waals surface area contributed by atoms with Crippen LogP contribution in [-0.4, -0.2) is 34.1 Å². The summed E-state index contributed by atoms with van der Waals surface area (Å²) in [5, 5.41) is 14.3. The third-order valence-electron chi connectivity index (χ3n) is 6.29. The molecule has 2 aliphatic carbocycles. The van der Waals surface area contributed by atoms with E-state index in [0.29, 0.717) is 15.8 Å². The molecule has 2 fully saturated rings. The molecule has 5 rings (SSSR count). The summed E-state index contributed by atoms with van der Waals surface area (Å²) in [7, 11) is 0. The number of imide groups is 1. The summed E-state index contributed by atoms with van der Waals surface area (Å²) < 4.78 is 6.47. The predicted octanol–water partition coefficient (Wildman–Crippen LogP) is 3.87. The molecular formula is C24H19BrN2O5. The number of ether oxygens (including phenoxy) is 1. The number of rotatable bonds is 6. The molecule has 32 heavy (non-hydrogen) atoms. The average molecular weight is 495 g/mol. The number of hydrogen-bond acceptors (Lipinski definition) is 5. The third kappa shape index (κ3) is 3.54. The second-order valence-electron chi connectivity index (χ2n) is 8.22. The van der Waals surface area contributed by atoms with Gasteiger partial charge in [-0.05, 0) is 75.6 Å². The van der Waals surface area contributed by atoms with E-state index in [1.54, 1.807) is 36.4 Å². The van der Waals surface area contributed by atoms with Gasteiger partial charge < -0.3 is 9.84 Å². The minimum Gasteiger partial charge on any atom is -0.488 e. The molecule has 1 aliphatic heterocycles. The van der Waals surface area contributed by atoms with Gasteiger partial charge in [-0.1, -0.05) is 24.3 Å². The van der Waals surface area contributed by atoms with Crippen molar-refractivity contribution < 1.29 is 24.2 Å². The minimum atomic E-state index is -0.987. The smallest absolute Gasteiger partial charge is 0.335 e. The standard InChI is InChI=1S/C24H19BrN2O5/c25-18-9-13(4-7-19(18)32-12-14-2-1-3-17(8-14)24(30)31)11-26-27-22(28)20-15-5-6-16(10-15)21(20)23(27)29/h1-9,11,15-16,20-21H,10,12H2,(H,30,31)/t15-,16-,20-,21+/m0/s1. The Balaban J connectivity index is 1.25. The fourth-order valence-electron chi connectivity index (χ4n) is 4.79. The predicted molar refractivity (Wildman–Crippen MR) is 119 cm³/mol. The summed E-state index contributed by atoms with van der Waals surface area (Å²) in [5.74, 6) is -1.06. The second kappa shape index (κ2) is 8.02. The van der Waals surface area contributed by atoms with Crippen molar-refractivity contribution in [1.29, 1.82) is 0 Å². The molecule has 7 nitrogen and oxygen atoms in total. The number of nitrogens with zero attached hydrogens (tertiary/aromatic N) is 2. The number of allylic oxidation sites excluding steroid dienone is 2. The zero-order valence-electron chi connectivity index (χ0n) is 16.8. The van der Waals surface area contributed by atoms with Gasteiger partial charge >= 0.3 is 5.97 Å². The van der Waals surface area contributed by atoms with E-state index in [0.717, 1.165) is 17.0 Å². The highest BCUT2D eigenvalue weighted by atomic mass is 79.9. The maximum Gasteiger partial charge on any atom is 0.335 e. The molecule has 0 radical (unpaired) electrons. The number of carboxylic acid groups (broad SMARTS) is 1. The summed E-state index contributed by atoms with van der Waals surface area (Å²) >= 11 is 3.46. The maximum atomic E-state index is 12.7. The van der Waals surface area contributed by atoms with Gasteiger partial charge in [-0.3, -0.25) is 9.59 Å². The molecule has 2 bridgehead atoms. The summed E-state index contributed by atoms with van der Waals surface area (Å²) in [4.78, 5) is 36.5. The van der Waals surface area contributed by atoms with Crippen molar-refractivity contribution in [3.63, 3.8) is 0 Å². The van der Waals surface area contributed by atoms with Gasteiger partial charge in [0.15, 0.2) is 0 Å². The molecule has 2 amide bonds. The lowest BCUT2D eigenvalue weighted by atomic mass is 9.85. The zero-order valence-corrected chi connectivity index (χ0v) is 18.4. The van der Waals surface area contributed by atoms with E-state index in [1.165, 1.54) is 12.3 Å². The van der Waals surface area contributed by atoms with Crippen LogP contribution in [0.15, 0.2) is 64.2 Å². The van der Waals surface area contributed by atoms with Crippen LogP contribution in [0, 0.1) is 23.7 Å². The van der Waals surface area contributed by atoms with Gasteiger partial charge in [-0.15, -0.1) is 0 Å². The third-order valence-corrected chi connectivity index (χ3v) is 6.91. The fourth-order valence-corrected chi connectivity index (χ4v) is 5.31. The number of aromatic carboxylic acids is 1. The van der Waals surface area contributed by atoms with Crippen LogP contribution in [0.3, 0.4) is 0 Å². The van der Waals surface area contributed by atoms with Crippen LogP contribution < -0.4 is 4.74 Å². The molecule has 1 N–H and O–H groups in total. The summed E-state index contributed by atoms with van der Waals surface area (Å²) in [6, 6.07) is 11.9. The number of hydrazone groups is 1. The first-order valence-electron chi connectivity index (χ1n) is 10.3. The van der Waals surface area contributed by atoms with Gasteiger partial charge in [0.05, 0.1) is 28.1 Å². The highest BCUT2D eigenvalue weighted by Crippen LogP contribution is 2.52. The van der Waals surface area contributed by atoms with Crippen molar-refractivity contribution in [2.45, 2.75) is 13.0 Å². The number of carbonyl (C=O) groups is 3. The normalized spacial score (nSPS) is 25.7. The van der Waals surface area contributed by atoms with E-state index in [1.807, 2.05) is 0 Å². The van der Waals surface area contributed by atoms with Crippen LogP contribution in [0.4, 0.5) is 0 Å². The number of hydrogen-bond donors (Lipinski definition) is 1. The fraction of sp³-hybridized carbons (Fsp3) is 0.250. The Morgan fingerprint density at radius 3 is 2.50 bits per heavy atom. The van der Waals surface area contributed by atoms with Crippen LogP contribution in [0.1, 0.15) is 27.9 Å². The van der Waals surface area contributed by atoms with Crippen LogP contribution in [0.25, 0.3) is 0 Å².